The number of nitrogens with zero attached hydrogens (tertiary/aromatic N) is 3. The normalized spacial score (nSPS) is 22.2. The molecule has 0 bridgehead atoms. The lowest BCUT2D eigenvalue weighted by atomic mass is 10.1. The summed E-state index contributed by atoms with van der Waals surface area (Å²) in [7, 11) is 1.65. The van der Waals surface area contributed by atoms with Crippen molar-refractivity contribution >= 4 is 0 Å². The van der Waals surface area contributed by atoms with Gasteiger partial charge in [0.05, 0.1) is 32.1 Å². The fraction of sp³-hybridized carbons (Fsp3) is 0.786. The molecule has 2 heterocycles. The van der Waals surface area contributed by atoms with Crippen molar-refractivity contribution in [3.05, 3.63) is 11.9 Å². The van der Waals surface area contributed by atoms with Crippen LogP contribution in [0.15, 0.2) is 6.20 Å². The molecule has 2 unspecified atom stereocenters. The van der Waals surface area contributed by atoms with E-state index >= 15 is 0 Å². The van der Waals surface area contributed by atoms with E-state index in [0.717, 1.165) is 37.7 Å². The molecule has 1 aromatic rings. The summed E-state index contributed by atoms with van der Waals surface area (Å²) in [5, 5.41) is 4.38. The van der Waals surface area contributed by atoms with Gasteiger partial charge in [0.1, 0.15) is 5.69 Å². The molecule has 2 rings (SSSR count). The Morgan fingerprint density at radius 1 is 1.55 bits per heavy atom. The summed E-state index contributed by atoms with van der Waals surface area (Å²) in [6, 6.07) is 0.00928. The third-order valence-corrected chi connectivity index (χ3v) is 3.85. The summed E-state index contributed by atoms with van der Waals surface area (Å²) in [6.07, 6.45) is 1.71. The Labute approximate surface area is 120 Å². The molecule has 114 valence electrons. The van der Waals surface area contributed by atoms with Crippen LogP contribution in [0.5, 0.6) is 5.75 Å². The summed E-state index contributed by atoms with van der Waals surface area (Å²) in [5.74, 6) is 0.739. The number of morpholine rings is 1. The van der Waals surface area contributed by atoms with Crippen LogP contribution < -0.4 is 10.5 Å². The molecular formula is C14H26N4O2. The van der Waals surface area contributed by atoms with Crippen molar-refractivity contribution < 1.29 is 9.47 Å². The molecule has 2 N–H and O–H groups in total. The zero-order chi connectivity index (χ0) is 14.7. The number of methoxy groups -OCH3 is 1. The second-order valence-electron chi connectivity index (χ2n) is 5.46. The highest BCUT2D eigenvalue weighted by atomic mass is 16.5. The first-order valence-corrected chi connectivity index (χ1v) is 7.29. The van der Waals surface area contributed by atoms with Gasteiger partial charge in [-0.05, 0) is 20.4 Å². The van der Waals surface area contributed by atoms with Crippen molar-refractivity contribution in [1.82, 2.24) is 14.7 Å². The molecule has 6 heteroatoms. The van der Waals surface area contributed by atoms with E-state index in [0.29, 0.717) is 0 Å². The molecule has 20 heavy (non-hydrogen) atoms. The van der Waals surface area contributed by atoms with E-state index < -0.39 is 0 Å². The molecule has 1 aromatic heterocycles. The van der Waals surface area contributed by atoms with E-state index in [-0.39, 0.29) is 18.2 Å². The molecular weight excluding hydrogens is 256 g/mol. The fourth-order valence-electron chi connectivity index (χ4n) is 2.65. The molecule has 1 aliphatic heterocycles. The van der Waals surface area contributed by atoms with Crippen LogP contribution in [-0.2, 0) is 4.74 Å². The summed E-state index contributed by atoms with van der Waals surface area (Å²) < 4.78 is 13.2. The number of aromatic nitrogens is 2. The van der Waals surface area contributed by atoms with E-state index in [2.05, 4.69) is 30.8 Å². The first-order valence-electron chi connectivity index (χ1n) is 7.29. The Balaban J connectivity index is 2.23. The van der Waals surface area contributed by atoms with Gasteiger partial charge in [0.25, 0.3) is 0 Å². The fourth-order valence-corrected chi connectivity index (χ4v) is 2.65. The van der Waals surface area contributed by atoms with Crippen molar-refractivity contribution in [2.24, 2.45) is 5.73 Å². The Bertz CT molecular complexity index is 433. The largest absolute Gasteiger partial charge is 0.493 e. The Morgan fingerprint density at radius 3 is 2.90 bits per heavy atom. The highest BCUT2D eigenvalue weighted by molar-refractivity contribution is 5.29. The van der Waals surface area contributed by atoms with E-state index in [4.69, 9.17) is 15.2 Å². The van der Waals surface area contributed by atoms with Gasteiger partial charge in [-0.15, -0.1) is 0 Å². The maximum atomic E-state index is 6.45. The van der Waals surface area contributed by atoms with Crippen molar-refractivity contribution in [3.8, 4) is 5.75 Å². The van der Waals surface area contributed by atoms with Gasteiger partial charge in [0, 0.05) is 19.1 Å². The minimum atomic E-state index is -0.232. The standard InChI is InChI=1S/C14H26N4O2/c1-5-17-6-7-20-12(9-17)13(15)14-11(19-4)8-16-18(14)10(2)3/h8,10,12-13H,5-7,9,15H2,1-4H3. The number of hydrogen-bond acceptors (Lipinski definition) is 5. The van der Waals surface area contributed by atoms with Gasteiger partial charge in [0.15, 0.2) is 5.75 Å². The predicted octanol–water partition coefficient (Wildman–Crippen LogP) is 1.19. The van der Waals surface area contributed by atoms with Gasteiger partial charge in [-0.3, -0.25) is 9.58 Å². The quantitative estimate of drug-likeness (QED) is 0.879. The second kappa shape index (κ2) is 6.56. The number of hydrogen-bond donors (Lipinski definition) is 1. The molecule has 0 spiro atoms. The third kappa shape index (κ3) is 2.97. The minimum Gasteiger partial charge on any atom is -0.493 e. The predicted molar refractivity (Wildman–Crippen MR) is 77.9 cm³/mol. The van der Waals surface area contributed by atoms with Crippen LogP contribution >= 0.6 is 0 Å². The van der Waals surface area contributed by atoms with Crippen LogP contribution in [0.4, 0.5) is 0 Å². The average Bonchev–Trinajstić information content (AvgIpc) is 2.90. The molecule has 0 amide bonds. The van der Waals surface area contributed by atoms with Gasteiger partial charge in [-0.25, -0.2) is 0 Å². The van der Waals surface area contributed by atoms with Crippen molar-refractivity contribution in [3.63, 3.8) is 0 Å². The van der Waals surface area contributed by atoms with E-state index in [1.54, 1.807) is 13.3 Å². The lowest BCUT2D eigenvalue weighted by molar-refractivity contribution is -0.0408. The number of likely N-dealkylation sites (N-methyl/N-ethyl adjacent to an activating group) is 1. The van der Waals surface area contributed by atoms with Gasteiger partial charge in [0.2, 0.25) is 0 Å². The summed E-state index contributed by atoms with van der Waals surface area (Å²) in [4.78, 5) is 2.36. The third-order valence-electron chi connectivity index (χ3n) is 3.85. The lowest BCUT2D eigenvalue weighted by Crippen LogP contribution is -2.47. The highest BCUT2D eigenvalue weighted by Crippen LogP contribution is 2.30. The maximum Gasteiger partial charge on any atom is 0.161 e. The maximum absolute atomic E-state index is 6.45. The van der Waals surface area contributed by atoms with Gasteiger partial charge in [-0.1, -0.05) is 6.92 Å². The zero-order valence-electron chi connectivity index (χ0n) is 12.9. The molecule has 1 saturated heterocycles. The van der Waals surface area contributed by atoms with Crippen LogP contribution in [0.2, 0.25) is 0 Å². The Kier molecular flexibility index (Phi) is 5.01. The van der Waals surface area contributed by atoms with Crippen LogP contribution in [0.1, 0.15) is 38.5 Å². The van der Waals surface area contributed by atoms with E-state index in [1.165, 1.54) is 0 Å². The first kappa shape index (κ1) is 15.3. The first-order chi connectivity index (χ1) is 9.58. The SMILES string of the molecule is CCN1CCOC(C(N)c2c(OC)cnn2C(C)C)C1. The van der Waals surface area contributed by atoms with Crippen LogP contribution in [-0.4, -0.2) is 54.1 Å². The molecule has 0 aliphatic carbocycles. The van der Waals surface area contributed by atoms with Crippen LogP contribution in [0, 0.1) is 0 Å². The summed E-state index contributed by atoms with van der Waals surface area (Å²) in [6.45, 7) is 9.90. The molecule has 1 aliphatic rings. The summed E-state index contributed by atoms with van der Waals surface area (Å²) >= 11 is 0. The zero-order valence-corrected chi connectivity index (χ0v) is 12.9. The number of rotatable bonds is 5. The van der Waals surface area contributed by atoms with Gasteiger partial charge >= 0.3 is 0 Å². The molecule has 1 fully saturated rings. The van der Waals surface area contributed by atoms with Gasteiger partial charge in [-0.2, -0.15) is 5.10 Å². The van der Waals surface area contributed by atoms with E-state index in [9.17, 15) is 0 Å². The topological polar surface area (TPSA) is 65.5 Å². The van der Waals surface area contributed by atoms with Crippen molar-refractivity contribution in [2.45, 2.75) is 39.0 Å². The average molecular weight is 282 g/mol. The molecule has 0 radical (unpaired) electrons. The highest BCUT2D eigenvalue weighted by Gasteiger charge is 2.31. The molecule has 0 aromatic carbocycles. The van der Waals surface area contributed by atoms with Crippen LogP contribution in [0.25, 0.3) is 0 Å². The molecule has 0 saturated carbocycles. The smallest absolute Gasteiger partial charge is 0.161 e. The molecule has 2 atom stereocenters. The monoisotopic (exact) mass is 282 g/mol. The Hall–Kier alpha value is -1.11. The van der Waals surface area contributed by atoms with E-state index in [1.807, 2.05) is 4.68 Å². The second-order valence-corrected chi connectivity index (χ2v) is 5.46. The summed E-state index contributed by atoms with van der Waals surface area (Å²) in [5.41, 5.74) is 7.38. The Morgan fingerprint density at radius 2 is 2.30 bits per heavy atom. The van der Waals surface area contributed by atoms with Crippen LogP contribution in [0.3, 0.4) is 0 Å². The van der Waals surface area contributed by atoms with Crippen molar-refractivity contribution in [2.75, 3.05) is 33.4 Å². The lowest BCUT2D eigenvalue weighted by Gasteiger charge is -2.35. The molecule has 6 nitrogen and oxygen atoms in total. The number of nitrogens with two attached hydrogens (primary N) is 1. The van der Waals surface area contributed by atoms with Gasteiger partial charge < -0.3 is 15.2 Å². The van der Waals surface area contributed by atoms with Crippen molar-refractivity contribution in [1.29, 1.82) is 0 Å². The number of ether oxygens (including phenoxy) is 2. The minimum absolute atomic E-state index is 0.0215.